The number of hydrogen-bond acceptors (Lipinski definition) is 19. The van der Waals surface area contributed by atoms with Gasteiger partial charge in [0.15, 0.2) is 5.78 Å². The first-order chi connectivity index (χ1) is 42.7. The van der Waals surface area contributed by atoms with Crippen LogP contribution in [0, 0.1) is 16.7 Å². The number of benzene rings is 1. The average molecular weight is 1210 g/mol. The molecule has 4 aliphatic rings. The van der Waals surface area contributed by atoms with Crippen LogP contribution in [0.5, 0.6) is 17.4 Å². The van der Waals surface area contributed by atoms with Gasteiger partial charge in [0, 0.05) is 132 Å². The first kappa shape index (κ1) is 62.6. The molecule has 0 aliphatic carbocycles. The number of aliphatic carboxylic acids is 1. The number of nitrogens with zero attached hydrogens (tertiary/aromatic N) is 14. The summed E-state index contributed by atoms with van der Waals surface area (Å²) < 4.78 is 19.9. The molecular formula is C64H75N15O10. The van der Waals surface area contributed by atoms with E-state index in [4.69, 9.17) is 19.2 Å². The van der Waals surface area contributed by atoms with Gasteiger partial charge >= 0.3 is 5.97 Å². The maximum absolute atomic E-state index is 13.6. The van der Waals surface area contributed by atoms with Crippen molar-refractivity contribution in [1.29, 1.82) is 5.26 Å². The van der Waals surface area contributed by atoms with Gasteiger partial charge in [0.05, 0.1) is 41.3 Å². The normalized spacial score (nSPS) is 17.9. The van der Waals surface area contributed by atoms with Crippen LogP contribution in [-0.2, 0) is 43.6 Å². The monoisotopic (exact) mass is 1210 g/mol. The van der Waals surface area contributed by atoms with Crippen LogP contribution in [0.15, 0.2) is 91.6 Å². The zero-order valence-corrected chi connectivity index (χ0v) is 51.1. The summed E-state index contributed by atoms with van der Waals surface area (Å²) in [5, 5.41) is 30.3. The Kier molecular flexibility index (Phi) is 19.2. The number of rotatable bonds is 22. The second kappa shape index (κ2) is 27.3. The van der Waals surface area contributed by atoms with Crippen molar-refractivity contribution in [2.24, 2.45) is 5.41 Å². The first-order valence-electron chi connectivity index (χ1n) is 30.2. The predicted octanol–water partition coefficient (Wildman–Crippen LogP) is 6.67. The van der Waals surface area contributed by atoms with Crippen molar-refractivity contribution in [2.75, 3.05) is 55.6 Å². The molecule has 0 spiro atoms. The van der Waals surface area contributed by atoms with E-state index in [0.29, 0.717) is 141 Å². The van der Waals surface area contributed by atoms with E-state index in [1.807, 2.05) is 73.3 Å². The van der Waals surface area contributed by atoms with Crippen LogP contribution in [0.25, 0.3) is 11.3 Å². The number of aromatic nitrogens is 8. The minimum absolute atomic E-state index is 0.00808. The van der Waals surface area contributed by atoms with Crippen molar-refractivity contribution in [1.82, 2.24) is 59.9 Å². The van der Waals surface area contributed by atoms with E-state index in [1.54, 1.807) is 72.2 Å². The zero-order valence-electron chi connectivity index (χ0n) is 51.1. The molecule has 5 aromatic heterocycles. The van der Waals surface area contributed by atoms with Crippen LogP contribution in [0.2, 0.25) is 0 Å². The van der Waals surface area contributed by atoms with E-state index >= 15 is 0 Å². The van der Waals surface area contributed by atoms with Gasteiger partial charge in [-0.1, -0.05) is 38.1 Å². The number of Topliss-reactive ketones (excluding diaryl/α,β-unsaturated/α-hetero) is 1. The molecule has 4 amide bonds. The minimum Gasteiger partial charge on any atom is -0.490 e. The van der Waals surface area contributed by atoms with Crippen LogP contribution in [-0.4, -0.2) is 171 Å². The number of amides is 4. The summed E-state index contributed by atoms with van der Waals surface area (Å²) in [5.74, 6) is 0.581. The highest BCUT2D eigenvalue weighted by atomic mass is 16.5. The molecule has 10 rings (SSSR count). The van der Waals surface area contributed by atoms with Crippen LogP contribution < -0.4 is 24.6 Å². The van der Waals surface area contributed by atoms with Crippen LogP contribution in [0.3, 0.4) is 0 Å². The van der Waals surface area contributed by atoms with Crippen molar-refractivity contribution in [3.8, 4) is 34.7 Å². The van der Waals surface area contributed by atoms with Gasteiger partial charge in [-0.25, -0.2) is 34.4 Å². The molecule has 2 N–H and O–H groups in total. The lowest BCUT2D eigenvalue weighted by atomic mass is 9.88. The molecule has 25 nitrogen and oxygen atoms in total. The number of ether oxygens (including phenoxy) is 3. The number of hydrogen-bond donors (Lipinski definition) is 2. The van der Waals surface area contributed by atoms with E-state index in [2.05, 4.69) is 41.6 Å². The third-order valence-corrected chi connectivity index (χ3v) is 16.6. The number of pyridine rings is 3. The molecule has 3 atom stereocenters. The molecule has 4 aliphatic heterocycles. The number of fused-ring (bicyclic) bond motifs is 1. The number of piperazine rings is 1. The molecule has 3 fully saturated rings. The lowest BCUT2D eigenvalue weighted by molar-refractivity contribution is -0.139. The minimum atomic E-state index is -1.09. The predicted molar refractivity (Wildman–Crippen MR) is 324 cm³/mol. The van der Waals surface area contributed by atoms with Gasteiger partial charge in [0.25, 0.3) is 5.91 Å². The SMILES string of the molecule is C[C@@H]1CN(c2ncc(-c3ccc4c(n3)N(Cc3cccnc3C#N)C(C)(C)C4=O)cn2)CCN1C(=O)Cn1cc(COC2CCN(C(=O)CCCC(=O)N3CCC(Oc4cccc(Oc5ccc(C(=O)N[C@@H](CCC(C)(C)C)C(=O)O)cn5)c4)CC3)C2)nn1. The van der Waals surface area contributed by atoms with Crippen LogP contribution >= 0.6 is 0 Å². The number of carboxylic acid groups (broad SMARTS) is 1. The van der Waals surface area contributed by atoms with Gasteiger partial charge in [-0.05, 0) is 88.3 Å². The second-order valence-electron chi connectivity index (χ2n) is 24.8. The standard InChI is InChI=1S/C64H75N15O10/c1-41-35-76(62-68-33-44(34-69-62)51-17-16-50-58(83)64(5,6)79(59(50)70-51)36-43-10-9-24-66-53(43)31-65)28-29-78(41)57(82)39-77-37-45(72-73-77)40-87-49-22-27-75(38-49)56(81)14-8-13-55(80)74-25-20-46(21-26-74)88-47-11-7-12-48(30-47)89-54-18-15-42(32-67-54)60(84)71-52(61(85)86)19-23-63(2,3)4/h7,9-12,15-18,24,30,32-34,37,41,46,49,52H,8,13-14,19-23,25-29,35-36,38-40H2,1-6H3,(H,71,84)(H,85,86)/t41-,49?,52+/m1/s1. The largest absolute Gasteiger partial charge is 0.490 e. The van der Waals surface area contributed by atoms with E-state index in [0.717, 1.165) is 0 Å². The molecule has 1 aromatic carbocycles. The number of carbonyl (C=O) groups is 6. The molecule has 0 saturated carbocycles. The third-order valence-electron chi connectivity index (χ3n) is 16.6. The number of ketones is 1. The van der Waals surface area contributed by atoms with Gasteiger partial charge in [0.1, 0.15) is 53.5 Å². The summed E-state index contributed by atoms with van der Waals surface area (Å²) >= 11 is 0. The van der Waals surface area contributed by atoms with Crippen molar-refractivity contribution >= 4 is 47.1 Å². The summed E-state index contributed by atoms with van der Waals surface area (Å²) in [4.78, 5) is 110. The molecule has 0 bridgehead atoms. The Morgan fingerprint density at radius 2 is 1.58 bits per heavy atom. The van der Waals surface area contributed by atoms with Gasteiger partial charge in [-0.3, -0.25) is 24.0 Å². The third kappa shape index (κ3) is 15.5. The molecule has 466 valence electrons. The van der Waals surface area contributed by atoms with Crippen LogP contribution in [0.4, 0.5) is 11.8 Å². The Labute approximate surface area is 516 Å². The lowest BCUT2D eigenvalue weighted by Gasteiger charge is -2.39. The van der Waals surface area contributed by atoms with Crippen molar-refractivity contribution in [3.05, 3.63) is 120 Å². The zero-order chi connectivity index (χ0) is 63.0. The highest BCUT2D eigenvalue weighted by Gasteiger charge is 2.45. The fraction of sp³-hybridized carbons (Fsp3) is 0.469. The molecule has 3 saturated heterocycles. The summed E-state index contributed by atoms with van der Waals surface area (Å²) in [7, 11) is 0. The highest BCUT2D eigenvalue weighted by Crippen LogP contribution is 2.40. The molecular weight excluding hydrogens is 1140 g/mol. The van der Waals surface area contributed by atoms with Crippen LogP contribution in [0.1, 0.15) is 131 Å². The second-order valence-corrected chi connectivity index (χ2v) is 24.8. The van der Waals surface area contributed by atoms with E-state index in [9.17, 15) is 39.1 Å². The quantitative estimate of drug-likeness (QED) is 0.0717. The Balaban J connectivity index is 0.599. The number of anilines is 2. The fourth-order valence-corrected chi connectivity index (χ4v) is 11.5. The first-order valence-corrected chi connectivity index (χ1v) is 30.2. The number of carbonyl (C=O) groups excluding carboxylic acids is 5. The summed E-state index contributed by atoms with van der Waals surface area (Å²) in [6.07, 6.45) is 11.6. The topological polar surface area (TPSA) is 298 Å². The molecule has 0 radical (unpaired) electrons. The van der Waals surface area contributed by atoms with Gasteiger partial charge in [-0.2, -0.15) is 5.26 Å². The summed E-state index contributed by atoms with van der Waals surface area (Å²) in [5.41, 5.74) is 2.59. The van der Waals surface area contributed by atoms with E-state index in [-0.39, 0.29) is 91.2 Å². The Morgan fingerprint density at radius 1 is 0.843 bits per heavy atom. The van der Waals surface area contributed by atoms with Crippen molar-refractivity contribution in [2.45, 2.75) is 142 Å². The molecule has 89 heavy (non-hydrogen) atoms. The summed E-state index contributed by atoms with van der Waals surface area (Å²) in [6, 6.07) is 18.4. The molecule has 9 heterocycles. The number of nitriles is 1. The number of likely N-dealkylation sites (tertiary alicyclic amines) is 2. The Morgan fingerprint density at radius 3 is 2.30 bits per heavy atom. The smallest absolute Gasteiger partial charge is 0.326 e. The van der Waals surface area contributed by atoms with E-state index < -0.39 is 23.5 Å². The van der Waals surface area contributed by atoms with Gasteiger partial charge < -0.3 is 49.1 Å². The Bertz CT molecular complexity index is 3600. The number of nitrogens with one attached hydrogen (secondary N) is 1. The Hall–Kier alpha value is -9.44. The van der Waals surface area contributed by atoms with Crippen molar-refractivity contribution in [3.63, 3.8) is 0 Å². The van der Waals surface area contributed by atoms with E-state index in [1.165, 1.54) is 16.9 Å². The van der Waals surface area contributed by atoms with Crippen molar-refractivity contribution < 1.29 is 48.1 Å². The maximum Gasteiger partial charge on any atom is 0.326 e. The molecule has 1 unspecified atom stereocenters. The number of piperidine rings is 1. The maximum atomic E-state index is 13.6. The van der Waals surface area contributed by atoms with Gasteiger partial charge in [-0.15, -0.1) is 5.10 Å². The molecule has 25 heteroatoms. The number of carboxylic acids is 1. The highest BCUT2D eigenvalue weighted by molar-refractivity contribution is 6.13. The van der Waals surface area contributed by atoms with Gasteiger partial charge in [0.2, 0.25) is 29.5 Å². The molecule has 6 aromatic rings. The summed E-state index contributed by atoms with van der Waals surface area (Å²) in [6.45, 7) is 15.7. The average Bonchev–Trinajstić information content (AvgIpc) is 1.77. The lowest BCUT2D eigenvalue weighted by Crippen LogP contribution is -2.55. The fourth-order valence-electron chi connectivity index (χ4n) is 11.5.